The molecule has 0 spiro atoms. The van der Waals surface area contributed by atoms with Crippen LogP contribution in [0, 0.1) is 6.92 Å². The summed E-state index contributed by atoms with van der Waals surface area (Å²) in [4.78, 5) is 12.4. The lowest BCUT2D eigenvalue weighted by Crippen LogP contribution is -2.29. The zero-order chi connectivity index (χ0) is 14.8. The van der Waals surface area contributed by atoms with Crippen molar-refractivity contribution in [3.8, 4) is 0 Å². The SMILES string of the molecule is CNC(Cn1ccn2nccc2c1=O)c1ccccc1C. The molecule has 1 unspecified atom stereocenters. The number of likely N-dealkylation sites (N-methyl/N-ethyl adjacent to an activating group) is 1. The highest BCUT2D eigenvalue weighted by Crippen LogP contribution is 2.18. The molecular weight excluding hydrogens is 264 g/mol. The van der Waals surface area contributed by atoms with Crippen LogP contribution in [0.5, 0.6) is 0 Å². The molecular formula is C16H18N4O. The minimum atomic E-state index is -0.0242. The molecule has 0 bridgehead atoms. The Labute approximate surface area is 122 Å². The van der Waals surface area contributed by atoms with E-state index in [0.29, 0.717) is 12.1 Å². The Morgan fingerprint density at radius 3 is 2.81 bits per heavy atom. The van der Waals surface area contributed by atoms with Gasteiger partial charge in [0, 0.05) is 18.9 Å². The number of aromatic nitrogens is 3. The lowest BCUT2D eigenvalue weighted by molar-refractivity contribution is 0.488. The van der Waals surface area contributed by atoms with Crippen LogP contribution in [0.2, 0.25) is 0 Å². The fourth-order valence-electron chi connectivity index (χ4n) is 2.62. The third-order valence-corrected chi connectivity index (χ3v) is 3.83. The van der Waals surface area contributed by atoms with E-state index >= 15 is 0 Å². The minimum Gasteiger partial charge on any atom is -0.312 e. The summed E-state index contributed by atoms with van der Waals surface area (Å²) in [7, 11) is 1.92. The molecule has 0 saturated carbocycles. The van der Waals surface area contributed by atoms with Crippen molar-refractivity contribution < 1.29 is 0 Å². The predicted molar refractivity (Wildman–Crippen MR) is 82.4 cm³/mol. The van der Waals surface area contributed by atoms with E-state index in [4.69, 9.17) is 0 Å². The lowest BCUT2D eigenvalue weighted by Gasteiger charge is -2.20. The highest BCUT2D eigenvalue weighted by Gasteiger charge is 2.13. The van der Waals surface area contributed by atoms with E-state index in [-0.39, 0.29) is 11.6 Å². The van der Waals surface area contributed by atoms with Gasteiger partial charge in [-0.1, -0.05) is 24.3 Å². The smallest absolute Gasteiger partial charge is 0.276 e. The quantitative estimate of drug-likeness (QED) is 0.793. The number of aryl methyl sites for hydroxylation is 1. The van der Waals surface area contributed by atoms with E-state index in [0.717, 1.165) is 0 Å². The first kappa shape index (κ1) is 13.6. The van der Waals surface area contributed by atoms with Crippen molar-refractivity contribution in [2.75, 3.05) is 7.05 Å². The van der Waals surface area contributed by atoms with Crippen molar-refractivity contribution in [1.82, 2.24) is 19.5 Å². The van der Waals surface area contributed by atoms with Gasteiger partial charge < -0.3 is 9.88 Å². The van der Waals surface area contributed by atoms with Gasteiger partial charge in [0.15, 0.2) is 0 Å². The molecule has 5 heteroatoms. The maximum absolute atomic E-state index is 12.4. The molecule has 108 valence electrons. The highest BCUT2D eigenvalue weighted by molar-refractivity contribution is 5.42. The summed E-state index contributed by atoms with van der Waals surface area (Å²) in [5.74, 6) is 0. The Morgan fingerprint density at radius 1 is 1.24 bits per heavy atom. The zero-order valence-electron chi connectivity index (χ0n) is 12.2. The topological polar surface area (TPSA) is 51.3 Å². The second kappa shape index (κ2) is 5.54. The average Bonchev–Trinajstić information content (AvgIpc) is 2.97. The van der Waals surface area contributed by atoms with Crippen LogP contribution in [0.1, 0.15) is 17.2 Å². The van der Waals surface area contributed by atoms with Crippen LogP contribution < -0.4 is 10.9 Å². The highest BCUT2D eigenvalue weighted by atomic mass is 16.1. The Kier molecular flexibility index (Phi) is 3.58. The number of fused-ring (bicyclic) bond motifs is 1. The van der Waals surface area contributed by atoms with Gasteiger partial charge in [0.1, 0.15) is 5.52 Å². The number of hydrogen-bond donors (Lipinski definition) is 1. The van der Waals surface area contributed by atoms with E-state index in [1.807, 2.05) is 19.2 Å². The van der Waals surface area contributed by atoms with Crippen molar-refractivity contribution in [2.45, 2.75) is 19.5 Å². The average molecular weight is 282 g/mol. The molecule has 0 aliphatic carbocycles. The van der Waals surface area contributed by atoms with Gasteiger partial charge in [-0.25, -0.2) is 4.52 Å². The first-order valence-electron chi connectivity index (χ1n) is 6.96. The Bertz CT molecular complexity index is 818. The van der Waals surface area contributed by atoms with E-state index in [1.165, 1.54) is 11.1 Å². The van der Waals surface area contributed by atoms with E-state index < -0.39 is 0 Å². The van der Waals surface area contributed by atoms with Gasteiger partial charge >= 0.3 is 0 Å². The van der Waals surface area contributed by atoms with Crippen LogP contribution in [0.3, 0.4) is 0 Å². The Hall–Kier alpha value is -2.40. The monoisotopic (exact) mass is 282 g/mol. The number of benzene rings is 1. The first-order valence-corrected chi connectivity index (χ1v) is 6.96. The van der Waals surface area contributed by atoms with Gasteiger partial charge in [0.25, 0.3) is 5.56 Å². The van der Waals surface area contributed by atoms with Gasteiger partial charge in [0.05, 0.1) is 12.2 Å². The molecule has 2 heterocycles. The van der Waals surface area contributed by atoms with Crippen molar-refractivity contribution in [3.63, 3.8) is 0 Å². The van der Waals surface area contributed by atoms with Crippen molar-refractivity contribution in [2.24, 2.45) is 0 Å². The first-order chi connectivity index (χ1) is 10.2. The van der Waals surface area contributed by atoms with E-state index in [1.54, 1.807) is 33.7 Å². The van der Waals surface area contributed by atoms with Gasteiger partial charge in [-0.05, 0) is 31.2 Å². The van der Waals surface area contributed by atoms with Gasteiger partial charge in [-0.2, -0.15) is 5.10 Å². The number of hydrogen-bond acceptors (Lipinski definition) is 3. The van der Waals surface area contributed by atoms with Crippen molar-refractivity contribution in [1.29, 1.82) is 0 Å². The van der Waals surface area contributed by atoms with Gasteiger partial charge in [-0.15, -0.1) is 0 Å². The molecule has 0 fully saturated rings. The molecule has 0 aliphatic rings. The molecule has 3 rings (SSSR count). The molecule has 1 atom stereocenters. The molecule has 2 aromatic heterocycles. The maximum Gasteiger partial charge on any atom is 0.276 e. The summed E-state index contributed by atoms with van der Waals surface area (Å²) >= 11 is 0. The predicted octanol–water partition coefficient (Wildman–Crippen LogP) is 1.77. The summed E-state index contributed by atoms with van der Waals surface area (Å²) in [5, 5.41) is 7.37. The minimum absolute atomic E-state index is 0.0242. The molecule has 5 nitrogen and oxygen atoms in total. The summed E-state index contributed by atoms with van der Waals surface area (Å²) in [6, 6.07) is 10.1. The lowest BCUT2D eigenvalue weighted by atomic mass is 10.0. The van der Waals surface area contributed by atoms with Gasteiger partial charge in [0.2, 0.25) is 0 Å². The summed E-state index contributed by atoms with van der Waals surface area (Å²) in [6.07, 6.45) is 5.23. The van der Waals surface area contributed by atoms with Crippen LogP contribution in [0.4, 0.5) is 0 Å². The maximum atomic E-state index is 12.4. The number of nitrogens with zero attached hydrogens (tertiary/aromatic N) is 3. The van der Waals surface area contributed by atoms with E-state index in [2.05, 4.69) is 29.5 Å². The summed E-state index contributed by atoms with van der Waals surface area (Å²) < 4.78 is 3.33. The zero-order valence-corrected chi connectivity index (χ0v) is 12.2. The third-order valence-electron chi connectivity index (χ3n) is 3.83. The Balaban J connectivity index is 1.98. The van der Waals surface area contributed by atoms with Crippen LogP contribution >= 0.6 is 0 Å². The second-order valence-corrected chi connectivity index (χ2v) is 5.11. The second-order valence-electron chi connectivity index (χ2n) is 5.11. The molecule has 1 aromatic carbocycles. The molecule has 0 aliphatic heterocycles. The molecule has 21 heavy (non-hydrogen) atoms. The summed E-state index contributed by atoms with van der Waals surface area (Å²) in [6.45, 7) is 2.67. The fourth-order valence-corrected chi connectivity index (χ4v) is 2.62. The van der Waals surface area contributed by atoms with Crippen LogP contribution in [-0.4, -0.2) is 21.2 Å². The van der Waals surface area contributed by atoms with Crippen molar-refractivity contribution >= 4 is 5.52 Å². The van der Waals surface area contributed by atoms with Crippen LogP contribution in [0.25, 0.3) is 5.52 Å². The van der Waals surface area contributed by atoms with E-state index in [9.17, 15) is 4.79 Å². The van der Waals surface area contributed by atoms with Crippen molar-refractivity contribution in [3.05, 3.63) is 70.4 Å². The molecule has 0 amide bonds. The number of rotatable bonds is 4. The summed E-state index contributed by atoms with van der Waals surface area (Å²) in [5.41, 5.74) is 3.00. The van der Waals surface area contributed by atoms with Crippen LogP contribution in [-0.2, 0) is 6.54 Å². The molecule has 1 N–H and O–H groups in total. The Morgan fingerprint density at radius 2 is 2.05 bits per heavy atom. The van der Waals surface area contributed by atoms with Gasteiger partial charge in [-0.3, -0.25) is 4.79 Å². The fraction of sp³-hybridized carbons (Fsp3) is 0.250. The molecule has 0 saturated heterocycles. The molecule has 0 radical (unpaired) electrons. The molecule has 3 aromatic rings. The van der Waals surface area contributed by atoms with Crippen LogP contribution in [0.15, 0.2) is 53.7 Å². The largest absolute Gasteiger partial charge is 0.312 e. The normalized spacial score (nSPS) is 12.7. The number of nitrogens with one attached hydrogen (secondary N) is 1. The standard InChI is InChI=1S/C16H18N4O/c1-12-5-3-4-6-13(12)14(17-2)11-19-9-10-20-15(16(19)21)7-8-18-20/h3-10,14,17H,11H2,1-2H3. The third kappa shape index (κ3) is 2.48.